The predicted octanol–water partition coefficient (Wildman–Crippen LogP) is 2.88. The van der Waals surface area contributed by atoms with Gasteiger partial charge in [-0.3, -0.25) is 9.48 Å². The van der Waals surface area contributed by atoms with E-state index in [2.05, 4.69) is 22.5 Å². The minimum absolute atomic E-state index is 0.0258. The first kappa shape index (κ1) is 19.2. The molecule has 2 aliphatic heterocycles. The summed E-state index contributed by atoms with van der Waals surface area (Å²) in [6.07, 6.45) is 6.25. The second kappa shape index (κ2) is 9.34. The fourth-order valence-corrected chi connectivity index (χ4v) is 4.14. The zero-order valence-corrected chi connectivity index (χ0v) is 16.4. The third kappa shape index (κ3) is 4.80. The van der Waals surface area contributed by atoms with E-state index in [-0.39, 0.29) is 5.91 Å². The fraction of sp³-hybridized carbons (Fsp3) is 0.545. The summed E-state index contributed by atoms with van der Waals surface area (Å²) in [5.74, 6) is 0.518. The van der Waals surface area contributed by atoms with Gasteiger partial charge < -0.3 is 15.0 Å². The largest absolute Gasteiger partial charge is 0.381 e. The normalized spacial score (nSPS) is 20.8. The molecule has 4 rings (SSSR count). The topological polar surface area (TPSA) is 59.4 Å². The molecule has 0 bridgehead atoms. The van der Waals surface area contributed by atoms with Gasteiger partial charge in [-0.15, -0.1) is 0 Å². The molecule has 0 saturated carbocycles. The number of amides is 1. The molecular weight excluding hydrogens is 352 g/mol. The molecule has 0 spiro atoms. The van der Waals surface area contributed by atoms with Crippen LogP contribution in [0, 0.1) is 5.92 Å². The number of nitrogens with one attached hydrogen (secondary N) is 1. The molecule has 0 radical (unpaired) electrons. The Balaban J connectivity index is 1.49. The first-order valence-electron chi connectivity index (χ1n) is 10.5. The molecule has 1 unspecified atom stereocenters. The van der Waals surface area contributed by atoms with Crippen LogP contribution in [0.4, 0.5) is 0 Å². The summed E-state index contributed by atoms with van der Waals surface area (Å²) in [5.41, 5.74) is 1.70. The van der Waals surface area contributed by atoms with Gasteiger partial charge in [-0.1, -0.05) is 30.3 Å². The Morgan fingerprint density at radius 2 is 2.00 bits per heavy atom. The molecule has 2 aromatic rings. The van der Waals surface area contributed by atoms with Crippen LogP contribution in [0.5, 0.6) is 0 Å². The second-order valence-corrected chi connectivity index (χ2v) is 7.91. The maximum atomic E-state index is 13.3. The van der Waals surface area contributed by atoms with Gasteiger partial charge in [0.15, 0.2) is 0 Å². The van der Waals surface area contributed by atoms with Crippen LogP contribution in [0.2, 0.25) is 0 Å². The Morgan fingerprint density at radius 1 is 1.18 bits per heavy atom. The Morgan fingerprint density at radius 3 is 2.75 bits per heavy atom. The average molecular weight is 383 g/mol. The lowest BCUT2D eigenvalue weighted by Crippen LogP contribution is -2.37. The van der Waals surface area contributed by atoms with Gasteiger partial charge in [0.05, 0.1) is 6.04 Å². The molecular formula is C22H30N4O2. The van der Waals surface area contributed by atoms with E-state index in [9.17, 15) is 4.79 Å². The van der Waals surface area contributed by atoms with Crippen molar-refractivity contribution < 1.29 is 9.53 Å². The quantitative estimate of drug-likeness (QED) is 0.835. The van der Waals surface area contributed by atoms with Gasteiger partial charge in [0.1, 0.15) is 5.69 Å². The Labute approximate surface area is 166 Å². The molecule has 2 saturated heterocycles. The van der Waals surface area contributed by atoms with Crippen molar-refractivity contribution in [2.75, 3.05) is 32.8 Å². The zero-order chi connectivity index (χ0) is 19.2. The average Bonchev–Trinajstić information content (AvgIpc) is 3.25. The van der Waals surface area contributed by atoms with Crippen molar-refractivity contribution in [1.82, 2.24) is 20.0 Å². The van der Waals surface area contributed by atoms with Crippen molar-refractivity contribution in [3.8, 4) is 0 Å². The van der Waals surface area contributed by atoms with Gasteiger partial charge in [0, 0.05) is 39.0 Å². The molecule has 1 amide bonds. The highest BCUT2D eigenvalue weighted by molar-refractivity contribution is 5.92. The summed E-state index contributed by atoms with van der Waals surface area (Å²) < 4.78 is 7.46. The summed E-state index contributed by atoms with van der Waals surface area (Å²) in [6, 6.07) is 12.4. The van der Waals surface area contributed by atoms with Crippen LogP contribution < -0.4 is 5.32 Å². The Bertz CT molecular complexity index is 749. The molecule has 1 aromatic carbocycles. The number of aromatic nitrogens is 2. The molecule has 28 heavy (non-hydrogen) atoms. The monoisotopic (exact) mass is 382 g/mol. The molecule has 3 heterocycles. The Hall–Kier alpha value is -2.18. The highest BCUT2D eigenvalue weighted by Crippen LogP contribution is 2.20. The van der Waals surface area contributed by atoms with Crippen molar-refractivity contribution in [3.63, 3.8) is 0 Å². The van der Waals surface area contributed by atoms with Gasteiger partial charge >= 0.3 is 0 Å². The van der Waals surface area contributed by atoms with Crippen LogP contribution in [0.15, 0.2) is 42.6 Å². The third-order valence-corrected chi connectivity index (χ3v) is 5.80. The van der Waals surface area contributed by atoms with E-state index >= 15 is 0 Å². The van der Waals surface area contributed by atoms with Crippen molar-refractivity contribution in [3.05, 3.63) is 53.9 Å². The number of carbonyl (C=O) groups excluding carboxylic acids is 1. The number of ether oxygens (including phenoxy) is 1. The molecule has 6 heteroatoms. The number of piperidine rings is 1. The highest BCUT2D eigenvalue weighted by atomic mass is 16.5. The van der Waals surface area contributed by atoms with Crippen LogP contribution in [0.1, 0.15) is 47.8 Å². The SMILES string of the molecule is O=C(c1ccn(C2CCCNC2)n1)N(Cc1ccccc1)CC1CCOCC1. The highest BCUT2D eigenvalue weighted by Gasteiger charge is 2.25. The second-order valence-electron chi connectivity index (χ2n) is 7.91. The standard InChI is InChI=1S/C22H30N4O2/c27-22(21-8-12-26(24-21)20-7-4-11-23-15-20)25(16-18-5-2-1-3-6-18)17-19-9-13-28-14-10-19/h1-3,5-6,8,12,19-20,23H,4,7,9-11,13-17H2. The minimum Gasteiger partial charge on any atom is -0.381 e. The molecule has 1 N–H and O–H groups in total. The zero-order valence-electron chi connectivity index (χ0n) is 16.4. The lowest BCUT2D eigenvalue weighted by atomic mass is 9.99. The maximum absolute atomic E-state index is 13.3. The summed E-state index contributed by atoms with van der Waals surface area (Å²) in [5, 5.41) is 8.06. The Kier molecular flexibility index (Phi) is 6.39. The van der Waals surface area contributed by atoms with Crippen LogP contribution in [-0.4, -0.2) is 53.4 Å². The van der Waals surface area contributed by atoms with Crippen molar-refractivity contribution >= 4 is 5.91 Å². The van der Waals surface area contributed by atoms with Gasteiger partial charge in [0.2, 0.25) is 0 Å². The van der Waals surface area contributed by atoms with E-state index in [4.69, 9.17) is 4.74 Å². The summed E-state index contributed by atoms with van der Waals surface area (Å²) >= 11 is 0. The number of carbonyl (C=O) groups is 1. The number of benzene rings is 1. The number of nitrogens with zero attached hydrogens (tertiary/aromatic N) is 3. The van der Waals surface area contributed by atoms with Gasteiger partial charge in [0.25, 0.3) is 5.91 Å². The smallest absolute Gasteiger partial charge is 0.274 e. The van der Waals surface area contributed by atoms with Crippen LogP contribution in [0.3, 0.4) is 0 Å². The number of hydrogen-bond acceptors (Lipinski definition) is 4. The van der Waals surface area contributed by atoms with Crippen molar-refractivity contribution in [2.45, 2.75) is 38.3 Å². The first-order valence-corrected chi connectivity index (χ1v) is 10.5. The van der Waals surface area contributed by atoms with E-state index in [1.54, 1.807) is 0 Å². The summed E-state index contributed by atoms with van der Waals surface area (Å²) in [6.45, 7) is 4.96. The minimum atomic E-state index is 0.0258. The maximum Gasteiger partial charge on any atom is 0.274 e. The molecule has 2 aliphatic rings. The van der Waals surface area contributed by atoms with Crippen LogP contribution in [-0.2, 0) is 11.3 Å². The molecule has 2 fully saturated rings. The molecule has 150 valence electrons. The number of hydrogen-bond donors (Lipinski definition) is 1. The predicted molar refractivity (Wildman–Crippen MR) is 108 cm³/mol. The molecule has 6 nitrogen and oxygen atoms in total. The van der Waals surface area contributed by atoms with Crippen molar-refractivity contribution in [2.24, 2.45) is 5.92 Å². The van der Waals surface area contributed by atoms with Crippen molar-refractivity contribution in [1.29, 1.82) is 0 Å². The molecule has 1 atom stereocenters. The van der Waals surface area contributed by atoms with Gasteiger partial charge in [-0.25, -0.2) is 0 Å². The van der Waals surface area contributed by atoms with E-state index in [1.807, 2.05) is 40.0 Å². The number of rotatable bonds is 6. The van der Waals surface area contributed by atoms with Crippen LogP contribution >= 0.6 is 0 Å². The van der Waals surface area contributed by atoms with E-state index in [0.717, 1.165) is 64.1 Å². The molecule has 0 aliphatic carbocycles. The van der Waals surface area contributed by atoms with E-state index in [0.29, 0.717) is 24.2 Å². The first-order chi connectivity index (χ1) is 13.8. The van der Waals surface area contributed by atoms with Crippen LogP contribution in [0.25, 0.3) is 0 Å². The summed E-state index contributed by atoms with van der Waals surface area (Å²) in [4.78, 5) is 15.3. The van der Waals surface area contributed by atoms with Gasteiger partial charge in [-0.05, 0) is 49.8 Å². The molecule has 1 aromatic heterocycles. The lowest BCUT2D eigenvalue weighted by molar-refractivity contribution is 0.0442. The fourth-order valence-electron chi connectivity index (χ4n) is 4.14. The third-order valence-electron chi connectivity index (χ3n) is 5.80. The lowest BCUT2D eigenvalue weighted by Gasteiger charge is -2.29. The van der Waals surface area contributed by atoms with Gasteiger partial charge in [-0.2, -0.15) is 5.10 Å². The van der Waals surface area contributed by atoms with E-state index in [1.165, 1.54) is 0 Å². The summed E-state index contributed by atoms with van der Waals surface area (Å²) in [7, 11) is 0. The van der Waals surface area contributed by atoms with E-state index < -0.39 is 0 Å².